The molecule has 0 fully saturated rings. The average Bonchev–Trinajstić information content (AvgIpc) is 2.63. The summed E-state index contributed by atoms with van der Waals surface area (Å²) >= 11 is 0. The van der Waals surface area contributed by atoms with E-state index in [-0.39, 0.29) is 6.54 Å². The lowest BCUT2D eigenvalue weighted by Crippen LogP contribution is -2.12. The van der Waals surface area contributed by atoms with Crippen LogP contribution in [-0.2, 0) is 0 Å². The van der Waals surface area contributed by atoms with Gasteiger partial charge in [-0.1, -0.05) is 0 Å². The molecule has 0 aliphatic carbocycles. The molecule has 2 aromatic heterocycles. The maximum atomic E-state index is 9.55. The van der Waals surface area contributed by atoms with E-state index in [9.17, 15) is 5.11 Å². The van der Waals surface area contributed by atoms with Crippen LogP contribution in [0.5, 0.6) is 0 Å². The molecular formula is C8H10N4O. The van der Waals surface area contributed by atoms with Crippen molar-refractivity contribution in [1.82, 2.24) is 15.0 Å². The van der Waals surface area contributed by atoms with Crippen molar-refractivity contribution in [1.29, 1.82) is 0 Å². The molecule has 13 heavy (non-hydrogen) atoms. The Hall–Kier alpha value is -1.46. The number of nitrogens with two attached hydrogens (primary N) is 1. The van der Waals surface area contributed by atoms with Crippen LogP contribution in [0.15, 0.2) is 18.6 Å². The van der Waals surface area contributed by atoms with Gasteiger partial charge in [-0.2, -0.15) is 0 Å². The van der Waals surface area contributed by atoms with Crippen molar-refractivity contribution in [2.75, 3.05) is 6.54 Å². The fraction of sp³-hybridized carbons (Fsp3) is 0.250. The lowest BCUT2D eigenvalue weighted by Gasteiger charge is -2.07. The molecule has 1 unspecified atom stereocenters. The number of H-pyrrole nitrogens is 1. The topological polar surface area (TPSA) is 87.8 Å². The van der Waals surface area contributed by atoms with Gasteiger partial charge in [-0.25, -0.2) is 9.97 Å². The average molecular weight is 178 g/mol. The zero-order chi connectivity index (χ0) is 9.26. The van der Waals surface area contributed by atoms with Gasteiger partial charge in [-0.15, -0.1) is 0 Å². The first kappa shape index (κ1) is 8.15. The van der Waals surface area contributed by atoms with Crippen molar-refractivity contribution in [3.05, 3.63) is 24.2 Å². The maximum absolute atomic E-state index is 9.55. The zero-order valence-electron chi connectivity index (χ0n) is 6.94. The molecule has 4 N–H and O–H groups in total. The summed E-state index contributed by atoms with van der Waals surface area (Å²) in [6, 6.07) is 1.73. The van der Waals surface area contributed by atoms with E-state index in [0.29, 0.717) is 5.65 Å². The predicted molar refractivity (Wildman–Crippen MR) is 47.9 cm³/mol. The second-order valence-electron chi connectivity index (χ2n) is 2.75. The van der Waals surface area contributed by atoms with E-state index in [1.165, 1.54) is 0 Å². The Morgan fingerprint density at radius 1 is 1.54 bits per heavy atom. The summed E-state index contributed by atoms with van der Waals surface area (Å²) in [5.74, 6) is 0. The summed E-state index contributed by atoms with van der Waals surface area (Å²) < 4.78 is 0. The Labute approximate surface area is 74.6 Å². The highest BCUT2D eigenvalue weighted by molar-refractivity contribution is 5.74. The Balaban J connectivity index is 2.60. The number of imidazole rings is 1. The SMILES string of the molecule is NCC(O)c1ccnc2nc[nH]c12. The van der Waals surface area contributed by atoms with Gasteiger partial charge in [0.1, 0.15) is 0 Å². The van der Waals surface area contributed by atoms with Crippen LogP contribution in [0.25, 0.3) is 11.2 Å². The van der Waals surface area contributed by atoms with Crippen LogP contribution < -0.4 is 5.73 Å². The maximum Gasteiger partial charge on any atom is 0.177 e. The number of nitrogens with zero attached hydrogens (tertiary/aromatic N) is 2. The van der Waals surface area contributed by atoms with E-state index < -0.39 is 6.10 Å². The molecule has 68 valence electrons. The number of pyridine rings is 1. The molecule has 0 aromatic carbocycles. The summed E-state index contributed by atoms with van der Waals surface area (Å²) in [6.07, 6.45) is 2.49. The fourth-order valence-corrected chi connectivity index (χ4v) is 1.27. The number of nitrogens with one attached hydrogen (secondary N) is 1. The van der Waals surface area contributed by atoms with Crippen LogP contribution in [0.1, 0.15) is 11.7 Å². The van der Waals surface area contributed by atoms with Gasteiger partial charge in [0, 0.05) is 18.3 Å². The van der Waals surface area contributed by atoms with E-state index in [1.807, 2.05) is 0 Å². The standard InChI is InChI=1S/C8H10N4O/c9-3-6(13)5-1-2-10-8-7(5)11-4-12-8/h1-2,4,6,13H,3,9H2,(H,10,11,12). The summed E-state index contributed by atoms with van der Waals surface area (Å²) in [5, 5.41) is 9.55. The number of rotatable bonds is 2. The molecule has 5 nitrogen and oxygen atoms in total. The summed E-state index contributed by atoms with van der Waals surface area (Å²) in [7, 11) is 0. The second kappa shape index (κ2) is 3.12. The van der Waals surface area contributed by atoms with Crippen LogP contribution in [0.3, 0.4) is 0 Å². The van der Waals surface area contributed by atoms with Gasteiger partial charge in [0.2, 0.25) is 0 Å². The van der Waals surface area contributed by atoms with Gasteiger partial charge < -0.3 is 15.8 Å². The normalized spacial score (nSPS) is 13.4. The van der Waals surface area contributed by atoms with E-state index in [1.54, 1.807) is 18.6 Å². The number of aromatic amines is 1. The third-order valence-corrected chi connectivity index (χ3v) is 1.94. The number of aliphatic hydroxyl groups is 1. The van der Waals surface area contributed by atoms with E-state index >= 15 is 0 Å². The molecule has 0 radical (unpaired) electrons. The highest BCUT2D eigenvalue weighted by Crippen LogP contribution is 2.18. The number of hydrogen-bond donors (Lipinski definition) is 3. The Morgan fingerprint density at radius 3 is 3.15 bits per heavy atom. The number of fused-ring (bicyclic) bond motifs is 1. The first-order valence-corrected chi connectivity index (χ1v) is 3.99. The molecule has 1 atom stereocenters. The Kier molecular flexibility index (Phi) is 1.96. The molecule has 0 bridgehead atoms. The summed E-state index contributed by atoms with van der Waals surface area (Å²) in [5.41, 5.74) is 7.45. The molecule has 2 aromatic rings. The summed E-state index contributed by atoms with van der Waals surface area (Å²) in [6.45, 7) is 0.193. The predicted octanol–water partition coefficient (Wildman–Crippen LogP) is -0.0500. The molecule has 0 spiro atoms. The molecule has 5 heteroatoms. The van der Waals surface area contributed by atoms with Crippen molar-refractivity contribution in [2.24, 2.45) is 5.73 Å². The van der Waals surface area contributed by atoms with Crippen LogP contribution in [0.2, 0.25) is 0 Å². The minimum absolute atomic E-state index is 0.193. The van der Waals surface area contributed by atoms with Crippen molar-refractivity contribution < 1.29 is 5.11 Å². The number of hydrogen-bond acceptors (Lipinski definition) is 4. The first-order valence-electron chi connectivity index (χ1n) is 3.99. The van der Waals surface area contributed by atoms with Gasteiger partial charge in [-0.3, -0.25) is 0 Å². The first-order chi connectivity index (χ1) is 6.33. The highest BCUT2D eigenvalue weighted by atomic mass is 16.3. The highest BCUT2D eigenvalue weighted by Gasteiger charge is 2.10. The lowest BCUT2D eigenvalue weighted by atomic mass is 10.1. The number of aromatic nitrogens is 3. The molecule has 0 amide bonds. The molecule has 0 aliphatic heterocycles. The van der Waals surface area contributed by atoms with E-state index in [0.717, 1.165) is 11.1 Å². The van der Waals surface area contributed by atoms with Gasteiger partial charge in [-0.05, 0) is 6.07 Å². The zero-order valence-corrected chi connectivity index (χ0v) is 6.94. The van der Waals surface area contributed by atoms with Crippen molar-refractivity contribution in [3.8, 4) is 0 Å². The monoisotopic (exact) mass is 178 g/mol. The van der Waals surface area contributed by atoms with Gasteiger partial charge in [0.25, 0.3) is 0 Å². The molecule has 2 rings (SSSR count). The molecular weight excluding hydrogens is 168 g/mol. The molecule has 0 aliphatic rings. The third-order valence-electron chi connectivity index (χ3n) is 1.94. The minimum Gasteiger partial charge on any atom is -0.387 e. The van der Waals surface area contributed by atoms with Crippen LogP contribution >= 0.6 is 0 Å². The van der Waals surface area contributed by atoms with Gasteiger partial charge in [0.15, 0.2) is 5.65 Å². The fourth-order valence-electron chi connectivity index (χ4n) is 1.27. The molecule has 0 saturated carbocycles. The van der Waals surface area contributed by atoms with Gasteiger partial charge in [0.05, 0.1) is 17.9 Å². The van der Waals surface area contributed by atoms with Crippen molar-refractivity contribution in [2.45, 2.75) is 6.10 Å². The van der Waals surface area contributed by atoms with E-state index in [2.05, 4.69) is 15.0 Å². The minimum atomic E-state index is -0.661. The van der Waals surface area contributed by atoms with Crippen molar-refractivity contribution >= 4 is 11.2 Å². The van der Waals surface area contributed by atoms with Crippen LogP contribution in [0, 0.1) is 0 Å². The van der Waals surface area contributed by atoms with Crippen LogP contribution in [0.4, 0.5) is 0 Å². The number of aliphatic hydroxyl groups excluding tert-OH is 1. The van der Waals surface area contributed by atoms with Crippen molar-refractivity contribution in [3.63, 3.8) is 0 Å². The summed E-state index contributed by atoms with van der Waals surface area (Å²) in [4.78, 5) is 10.9. The third kappa shape index (κ3) is 1.28. The Morgan fingerprint density at radius 2 is 2.38 bits per heavy atom. The Bertz CT molecular complexity index is 411. The lowest BCUT2D eigenvalue weighted by molar-refractivity contribution is 0.188. The second-order valence-corrected chi connectivity index (χ2v) is 2.75. The largest absolute Gasteiger partial charge is 0.387 e. The smallest absolute Gasteiger partial charge is 0.177 e. The molecule has 0 saturated heterocycles. The quantitative estimate of drug-likeness (QED) is 0.601. The van der Waals surface area contributed by atoms with E-state index in [4.69, 9.17) is 5.73 Å². The van der Waals surface area contributed by atoms with Gasteiger partial charge >= 0.3 is 0 Å². The molecule has 2 heterocycles. The van der Waals surface area contributed by atoms with Crippen LogP contribution in [-0.4, -0.2) is 26.6 Å².